The van der Waals surface area contributed by atoms with Crippen LogP contribution in [-0.2, 0) is 6.42 Å². The maximum Gasteiger partial charge on any atom is 0.0931 e. The Labute approximate surface area is 112 Å². The van der Waals surface area contributed by atoms with Crippen LogP contribution in [0.25, 0.3) is 0 Å². The highest BCUT2D eigenvalue weighted by atomic mass is 79.9. The van der Waals surface area contributed by atoms with Crippen molar-refractivity contribution in [2.24, 2.45) is 5.73 Å². The Bertz CT molecular complexity index is 483. The van der Waals surface area contributed by atoms with E-state index in [9.17, 15) is 0 Å². The van der Waals surface area contributed by atoms with E-state index >= 15 is 0 Å². The van der Waals surface area contributed by atoms with Crippen molar-refractivity contribution in [3.63, 3.8) is 0 Å². The fourth-order valence-electron chi connectivity index (χ4n) is 1.53. The van der Waals surface area contributed by atoms with Gasteiger partial charge in [-0.05, 0) is 30.2 Å². The van der Waals surface area contributed by atoms with E-state index in [-0.39, 0.29) is 6.04 Å². The Morgan fingerprint density at radius 2 is 2.00 bits per heavy atom. The summed E-state index contributed by atoms with van der Waals surface area (Å²) in [7, 11) is 0. The number of halogens is 2. The summed E-state index contributed by atoms with van der Waals surface area (Å²) >= 11 is 11.0. The first kappa shape index (κ1) is 12.1. The largest absolute Gasteiger partial charge is 0.323 e. The van der Waals surface area contributed by atoms with Crippen LogP contribution in [0, 0.1) is 0 Å². The highest BCUT2D eigenvalue weighted by Crippen LogP contribution is 2.29. The minimum Gasteiger partial charge on any atom is -0.323 e. The Balaban J connectivity index is 2.13. The summed E-state index contributed by atoms with van der Waals surface area (Å²) in [5.74, 6) is 0. The highest BCUT2D eigenvalue weighted by Gasteiger charge is 2.11. The van der Waals surface area contributed by atoms with E-state index in [1.54, 1.807) is 11.3 Å². The van der Waals surface area contributed by atoms with Crippen molar-refractivity contribution in [3.8, 4) is 0 Å². The van der Waals surface area contributed by atoms with Crippen LogP contribution < -0.4 is 5.73 Å². The molecule has 0 aliphatic carbocycles. The van der Waals surface area contributed by atoms with Gasteiger partial charge in [-0.1, -0.05) is 45.7 Å². The fraction of sp³-hybridized carbons (Fsp3) is 0.167. The first-order valence-electron chi connectivity index (χ1n) is 4.91. The van der Waals surface area contributed by atoms with Crippen LogP contribution in [0.5, 0.6) is 0 Å². The lowest BCUT2D eigenvalue weighted by molar-refractivity contribution is 0.734. The molecule has 2 aromatic rings. The third-order valence-corrected chi connectivity index (χ3v) is 4.49. The van der Waals surface area contributed by atoms with Gasteiger partial charge in [0.2, 0.25) is 0 Å². The zero-order chi connectivity index (χ0) is 11.5. The van der Waals surface area contributed by atoms with Gasteiger partial charge in [0, 0.05) is 15.4 Å². The van der Waals surface area contributed by atoms with Crippen molar-refractivity contribution < 1.29 is 0 Å². The van der Waals surface area contributed by atoms with E-state index in [2.05, 4.69) is 22.0 Å². The average molecular weight is 317 g/mol. The normalized spacial score (nSPS) is 12.7. The number of rotatable bonds is 3. The molecule has 2 N–H and O–H groups in total. The minimum atomic E-state index is 0.0104. The molecule has 0 saturated heterocycles. The van der Waals surface area contributed by atoms with Crippen LogP contribution in [0.15, 0.2) is 40.9 Å². The van der Waals surface area contributed by atoms with Gasteiger partial charge in [-0.2, -0.15) is 0 Å². The van der Waals surface area contributed by atoms with Crippen molar-refractivity contribution in [2.45, 2.75) is 12.5 Å². The Kier molecular flexibility index (Phi) is 4.03. The van der Waals surface area contributed by atoms with Crippen LogP contribution in [0.4, 0.5) is 0 Å². The Morgan fingerprint density at radius 1 is 1.25 bits per heavy atom. The first-order valence-corrected chi connectivity index (χ1v) is 6.90. The monoisotopic (exact) mass is 315 g/mol. The van der Waals surface area contributed by atoms with E-state index < -0.39 is 0 Å². The van der Waals surface area contributed by atoms with Crippen LogP contribution in [0.2, 0.25) is 4.34 Å². The van der Waals surface area contributed by atoms with Crippen LogP contribution >= 0.6 is 38.9 Å². The maximum atomic E-state index is 6.14. The topological polar surface area (TPSA) is 26.0 Å². The zero-order valence-corrected chi connectivity index (χ0v) is 11.6. The molecule has 0 spiro atoms. The first-order chi connectivity index (χ1) is 7.66. The molecule has 0 aliphatic heterocycles. The lowest BCUT2D eigenvalue weighted by Gasteiger charge is -2.10. The fourth-order valence-corrected chi connectivity index (χ4v) is 3.04. The van der Waals surface area contributed by atoms with Crippen LogP contribution in [-0.4, -0.2) is 0 Å². The number of hydrogen-bond donors (Lipinski definition) is 1. The molecule has 2 rings (SSSR count). The van der Waals surface area contributed by atoms with E-state index in [1.165, 1.54) is 5.56 Å². The van der Waals surface area contributed by atoms with Crippen molar-refractivity contribution in [1.82, 2.24) is 0 Å². The molecule has 84 valence electrons. The number of thiophene rings is 1. The second-order valence-corrected chi connectivity index (χ2v) is 6.14. The smallest absolute Gasteiger partial charge is 0.0931 e. The molecule has 0 radical (unpaired) electrons. The summed E-state index contributed by atoms with van der Waals surface area (Å²) in [4.78, 5) is 1.13. The number of benzene rings is 1. The van der Waals surface area contributed by atoms with E-state index in [4.69, 9.17) is 17.3 Å². The van der Waals surface area contributed by atoms with E-state index in [0.717, 1.165) is 20.1 Å². The van der Waals surface area contributed by atoms with Crippen LogP contribution in [0.3, 0.4) is 0 Å². The van der Waals surface area contributed by atoms with Gasteiger partial charge >= 0.3 is 0 Å². The maximum absolute atomic E-state index is 6.14. The molecule has 0 saturated carbocycles. The molecule has 0 fully saturated rings. The molecule has 1 aromatic heterocycles. The van der Waals surface area contributed by atoms with Crippen LogP contribution in [0.1, 0.15) is 16.5 Å². The Morgan fingerprint density at radius 3 is 2.62 bits per heavy atom. The molecular formula is C12H11BrClNS. The summed E-state index contributed by atoms with van der Waals surface area (Å²) in [5, 5.41) is 0. The van der Waals surface area contributed by atoms with Crippen molar-refractivity contribution in [1.29, 1.82) is 0 Å². The molecular weight excluding hydrogens is 306 g/mol. The van der Waals surface area contributed by atoms with Crippen molar-refractivity contribution in [3.05, 3.63) is 55.6 Å². The molecule has 4 heteroatoms. The minimum absolute atomic E-state index is 0.0104. The standard InChI is InChI=1S/C12H11BrClNS/c13-9-4-2-1-3-8(9)7-10(15)11-5-6-12(14)16-11/h1-6,10H,7,15H2. The van der Waals surface area contributed by atoms with Gasteiger partial charge in [0.15, 0.2) is 0 Å². The lowest BCUT2D eigenvalue weighted by Crippen LogP contribution is -2.11. The second kappa shape index (κ2) is 5.32. The molecule has 0 amide bonds. The van der Waals surface area contributed by atoms with Crippen molar-refractivity contribution >= 4 is 38.9 Å². The molecule has 16 heavy (non-hydrogen) atoms. The molecule has 0 bridgehead atoms. The predicted molar refractivity (Wildman–Crippen MR) is 74.1 cm³/mol. The summed E-state index contributed by atoms with van der Waals surface area (Å²) in [6.45, 7) is 0. The van der Waals surface area contributed by atoms with Gasteiger partial charge in [0.25, 0.3) is 0 Å². The second-order valence-electron chi connectivity index (χ2n) is 3.54. The summed E-state index contributed by atoms with van der Waals surface area (Å²) in [6, 6.07) is 12.0. The third kappa shape index (κ3) is 2.86. The molecule has 1 atom stereocenters. The molecule has 1 unspecified atom stereocenters. The average Bonchev–Trinajstić information content (AvgIpc) is 2.68. The van der Waals surface area contributed by atoms with Gasteiger partial charge in [0.05, 0.1) is 4.34 Å². The lowest BCUT2D eigenvalue weighted by atomic mass is 10.1. The van der Waals surface area contributed by atoms with Gasteiger partial charge in [-0.15, -0.1) is 11.3 Å². The highest BCUT2D eigenvalue weighted by molar-refractivity contribution is 9.10. The summed E-state index contributed by atoms with van der Waals surface area (Å²) in [5.41, 5.74) is 7.36. The summed E-state index contributed by atoms with van der Waals surface area (Å²) < 4.78 is 1.89. The number of hydrogen-bond acceptors (Lipinski definition) is 2. The predicted octanol–water partition coefficient (Wildman–Crippen LogP) is 4.41. The molecule has 1 heterocycles. The number of nitrogens with two attached hydrogens (primary N) is 1. The molecule has 0 aliphatic rings. The van der Waals surface area contributed by atoms with E-state index in [1.807, 2.05) is 30.3 Å². The molecule has 1 aromatic carbocycles. The molecule has 1 nitrogen and oxygen atoms in total. The SMILES string of the molecule is NC(Cc1ccccc1Br)c1ccc(Cl)s1. The van der Waals surface area contributed by atoms with Crippen molar-refractivity contribution in [2.75, 3.05) is 0 Å². The summed E-state index contributed by atoms with van der Waals surface area (Å²) in [6.07, 6.45) is 0.818. The third-order valence-electron chi connectivity index (χ3n) is 2.36. The van der Waals surface area contributed by atoms with E-state index in [0.29, 0.717) is 0 Å². The zero-order valence-electron chi connectivity index (χ0n) is 8.49. The van der Waals surface area contributed by atoms with Gasteiger partial charge < -0.3 is 5.73 Å². The van der Waals surface area contributed by atoms with Gasteiger partial charge in [-0.25, -0.2) is 0 Å². The van der Waals surface area contributed by atoms with Gasteiger partial charge in [-0.3, -0.25) is 0 Å². The quantitative estimate of drug-likeness (QED) is 0.892. The van der Waals surface area contributed by atoms with Gasteiger partial charge in [0.1, 0.15) is 0 Å². The Hall–Kier alpha value is -0.350.